The fourth-order valence-corrected chi connectivity index (χ4v) is 3.49. The zero-order chi connectivity index (χ0) is 16.9. The molecule has 0 spiro atoms. The van der Waals surface area contributed by atoms with E-state index in [0.717, 1.165) is 16.1 Å². The number of carbonyl (C=O) groups excluding carboxylic acids is 1. The monoisotopic (exact) mass is 358 g/mol. The molecule has 1 N–H and O–H groups in total. The second-order valence-electron chi connectivity index (χ2n) is 5.11. The van der Waals surface area contributed by atoms with E-state index in [1.165, 1.54) is 23.5 Å². The van der Waals surface area contributed by atoms with Gasteiger partial charge in [-0.1, -0.05) is 18.2 Å². The second-order valence-corrected chi connectivity index (χ2v) is 6.85. The van der Waals surface area contributed by atoms with E-state index in [1.807, 2.05) is 35.9 Å². The molecule has 0 saturated carbocycles. The van der Waals surface area contributed by atoms with Crippen molar-refractivity contribution in [2.75, 3.05) is 11.6 Å². The molecule has 1 heterocycles. The van der Waals surface area contributed by atoms with Crippen molar-refractivity contribution in [1.29, 1.82) is 0 Å². The summed E-state index contributed by atoms with van der Waals surface area (Å²) in [5, 5.41) is 5.42. The van der Waals surface area contributed by atoms with Gasteiger partial charge in [-0.05, 0) is 36.6 Å². The fourth-order valence-electron chi connectivity index (χ4n) is 2.21. The molecule has 0 saturated heterocycles. The first-order valence-corrected chi connectivity index (χ1v) is 9.39. The number of amides is 1. The molecule has 1 amide bonds. The Hall–Kier alpha value is -2.18. The SMILES string of the molecule is CSc1cccc(NC(=O)Cc2csc(-c3cccc(F)c3)n2)c1. The van der Waals surface area contributed by atoms with Crippen LogP contribution in [0.25, 0.3) is 10.6 Å². The molecule has 3 rings (SSSR count). The van der Waals surface area contributed by atoms with Gasteiger partial charge in [-0.3, -0.25) is 4.79 Å². The van der Waals surface area contributed by atoms with Crippen LogP contribution in [0.1, 0.15) is 5.69 Å². The summed E-state index contributed by atoms with van der Waals surface area (Å²) in [7, 11) is 0. The van der Waals surface area contributed by atoms with E-state index >= 15 is 0 Å². The van der Waals surface area contributed by atoms with E-state index in [4.69, 9.17) is 0 Å². The number of hydrogen-bond donors (Lipinski definition) is 1. The smallest absolute Gasteiger partial charge is 0.230 e. The van der Waals surface area contributed by atoms with E-state index < -0.39 is 0 Å². The van der Waals surface area contributed by atoms with Crippen molar-refractivity contribution in [1.82, 2.24) is 4.98 Å². The normalized spacial score (nSPS) is 10.6. The van der Waals surface area contributed by atoms with Crippen molar-refractivity contribution in [3.8, 4) is 10.6 Å². The van der Waals surface area contributed by atoms with Gasteiger partial charge in [0.15, 0.2) is 0 Å². The molecule has 0 fully saturated rings. The third-order valence-corrected chi connectivity index (χ3v) is 4.98. The Bertz CT molecular complexity index is 863. The summed E-state index contributed by atoms with van der Waals surface area (Å²) in [5.41, 5.74) is 2.17. The Morgan fingerprint density at radius 2 is 2.08 bits per heavy atom. The van der Waals surface area contributed by atoms with Crippen LogP contribution >= 0.6 is 23.1 Å². The van der Waals surface area contributed by atoms with Gasteiger partial charge in [0.1, 0.15) is 10.8 Å². The molecule has 24 heavy (non-hydrogen) atoms. The summed E-state index contributed by atoms with van der Waals surface area (Å²) in [5.74, 6) is -0.417. The van der Waals surface area contributed by atoms with E-state index in [1.54, 1.807) is 23.9 Å². The Balaban J connectivity index is 1.67. The van der Waals surface area contributed by atoms with Gasteiger partial charge in [0.2, 0.25) is 5.91 Å². The second kappa shape index (κ2) is 7.59. The molecule has 1 aromatic heterocycles. The number of thioether (sulfide) groups is 1. The Kier molecular flexibility index (Phi) is 5.27. The third kappa shape index (κ3) is 4.21. The van der Waals surface area contributed by atoms with E-state index in [2.05, 4.69) is 10.3 Å². The van der Waals surface area contributed by atoms with E-state index in [-0.39, 0.29) is 18.1 Å². The maximum Gasteiger partial charge on any atom is 0.230 e. The average Bonchev–Trinajstić information content (AvgIpc) is 3.03. The van der Waals surface area contributed by atoms with Crippen LogP contribution in [0.3, 0.4) is 0 Å². The summed E-state index contributed by atoms with van der Waals surface area (Å²) >= 11 is 3.03. The van der Waals surface area contributed by atoms with Crippen LogP contribution in [0, 0.1) is 5.82 Å². The van der Waals surface area contributed by atoms with Crippen LogP contribution < -0.4 is 5.32 Å². The van der Waals surface area contributed by atoms with Crippen molar-refractivity contribution in [3.05, 3.63) is 65.4 Å². The fraction of sp³-hybridized carbons (Fsp3) is 0.111. The number of hydrogen-bond acceptors (Lipinski definition) is 4. The summed E-state index contributed by atoms with van der Waals surface area (Å²) in [6.07, 6.45) is 2.18. The van der Waals surface area contributed by atoms with Crippen LogP contribution in [-0.4, -0.2) is 17.1 Å². The average molecular weight is 358 g/mol. The van der Waals surface area contributed by atoms with Gasteiger partial charge in [0.05, 0.1) is 12.1 Å². The standard InChI is InChI=1S/C18H15FN2OS2/c1-23-16-7-3-6-14(9-16)20-17(22)10-15-11-24-18(21-15)12-4-2-5-13(19)8-12/h2-9,11H,10H2,1H3,(H,20,22). The number of benzene rings is 2. The molecule has 3 aromatic rings. The Labute approximate surface area is 148 Å². The zero-order valence-electron chi connectivity index (χ0n) is 13.0. The lowest BCUT2D eigenvalue weighted by Gasteiger charge is -2.05. The van der Waals surface area contributed by atoms with Crippen molar-refractivity contribution >= 4 is 34.7 Å². The summed E-state index contributed by atoms with van der Waals surface area (Å²) < 4.78 is 13.3. The van der Waals surface area contributed by atoms with Gasteiger partial charge < -0.3 is 5.32 Å². The predicted octanol–water partition coefficient (Wildman–Crippen LogP) is 4.85. The molecule has 0 bridgehead atoms. The molecule has 6 heteroatoms. The lowest BCUT2D eigenvalue weighted by Crippen LogP contribution is -2.14. The number of carbonyl (C=O) groups is 1. The Morgan fingerprint density at radius 3 is 2.88 bits per heavy atom. The summed E-state index contributed by atoms with van der Waals surface area (Å²) in [4.78, 5) is 17.7. The minimum Gasteiger partial charge on any atom is -0.326 e. The van der Waals surface area contributed by atoms with Crippen LogP contribution in [0.15, 0.2) is 58.8 Å². The van der Waals surface area contributed by atoms with Crippen molar-refractivity contribution in [2.45, 2.75) is 11.3 Å². The topological polar surface area (TPSA) is 42.0 Å². The quantitative estimate of drug-likeness (QED) is 0.663. The molecular weight excluding hydrogens is 343 g/mol. The first kappa shape index (κ1) is 16.7. The lowest BCUT2D eigenvalue weighted by molar-refractivity contribution is -0.115. The minimum atomic E-state index is -0.296. The summed E-state index contributed by atoms with van der Waals surface area (Å²) in [6, 6.07) is 14.0. The van der Waals surface area contributed by atoms with Crippen LogP contribution in [0.2, 0.25) is 0 Å². The van der Waals surface area contributed by atoms with Crippen LogP contribution in [0.5, 0.6) is 0 Å². The maximum atomic E-state index is 13.3. The highest BCUT2D eigenvalue weighted by molar-refractivity contribution is 7.98. The molecule has 0 atom stereocenters. The van der Waals surface area contributed by atoms with Crippen LogP contribution in [0.4, 0.5) is 10.1 Å². The number of nitrogens with one attached hydrogen (secondary N) is 1. The molecule has 3 nitrogen and oxygen atoms in total. The third-order valence-electron chi connectivity index (χ3n) is 3.32. The molecule has 0 aliphatic rings. The van der Waals surface area contributed by atoms with Crippen molar-refractivity contribution in [3.63, 3.8) is 0 Å². The van der Waals surface area contributed by atoms with Gasteiger partial charge in [0, 0.05) is 21.5 Å². The van der Waals surface area contributed by atoms with Gasteiger partial charge >= 0.3 is 0 Å². The van der Waals surface area contributed by atoms with Gasteiger partial charge in [0.25, 0.3) is 0 Å². The first-order valence-electron chi connectivity index (χ1n) is 7.28. The number of halogens is 1. The molecule has 0 unspecified atom stereocenters. The predicted molar refractivity (Wildman–Crippen MR) is 98.1 cm³/mol. The van der Waals surface area contributed by atoms with Gasteiger partial charge in [-0.2, -0.15) is 0 Å². The molecule has 2 aromatic carbocycles. The van der Waals surface area contributed by atoms with Crippen molar-refractivity contribution < 1.29 is 9.18 Å². The molecular formula is C18H15FN2OS2. The first-order chi connectivity index (χ1) is 11.6. The molecule has 0 aliphatic heterocycles. The molecule has 0 radical (unpaired) electrons. The highest BCUT2D eigenvalue weighted by Gasteiger charge is 2.10. The van der Waals surface area contributed by atoms with Crippen LogP contribution in [-0.2, 0) is 11.2 Å². The largest absolute Gasteiger partial charge is 0.326 e. The zero-order valence-corrected chi connectivity index (χ0v) is 14.6. The number of nitrogens with zero attached hydrogens (tertiary/aromatic N) is 1. The highest BCUT2D eigenvalue weighted by atomic mass is 32.2. The minimum absolute atomic E-state index is 0.121. The lowest BCUT2D eigenvalue weighted by atomic mass is 10.2. The van der Waals surface area contributed by atoms with Gasteiger partial charge in [-0.15, -0.1) is 23.1 Å². The Morgan fingerprint density at radius 1 is 1.25 bits per heavy atom. The number of anilines is 1. The maximum absolute atomic E-state index is 13.3. The van der Waals surface area contributed by atoms with E-state index in [9.17, 15) is 9.18 Å². The van der Waals surface area contributed by atoms with Crippen molar-refractivity contribution in [2.24, 2.45) is 0 Å². The van der Waals surface area contributed by atoms with E-state index in [0.29, 0.717) is 10.7 Å². The number of thiazole rings is 1. The van der Waals surface area contributed by atoms with Gasteiger partial charge in [-0.25, -0.2) is 9.37 Å². The molecule has 122 valence electrons. The number of aromatic nitrogens is 1. The molecule has 0 aliphatic carbocycles. The highest BCUT2D eigenvalue weighted by Crippen LogP contribution is 2.25. The summed E-state index contributed by atoms with van der Waals surface area (Å²) in [6.45, 7) is 0. The number of rotatable bonds is 5.